The van der Waals surface area contributed by atoms with E-state index in [-0.39, 0.29) is 5.92 Å². The topological polar surface area (TPSA) is 21.5 Å². The zero-order valence-electron chi connectivity index (χ0n) is 12.0. The number of nitrogens with one attached hydrogen (secondary N) is 1. The number of hydrogen-bond acceptors (Lipinski definition) is 1. The molecular weight excluding hydrogens is 234 g/mol. The Morgan fingerprint density at radius 2 is 1.79 bits per heavy atom. The molecule has 2 bridgehead atoms. The lowest BCUT2D eigenvalue weighted by Gasteiger charge is -2.41. The predicted molar refractivity (Wildman–Crippen MR) is 76.6 cm³/mol. The summed E-state index contributed by atoms with van der Waals surface area (Å²) in [6.45, 7) is 8.00. The number of benzene rings is 1. The zero-order valence-corrected chi connectivity index (χ0v) is 12.0. The lowest BCUT2D eigenvalue weighted by molar-refractivity contribution is -0.919. The van der Waals surface area contributed by atoms with Crippen LogP contribution in [0.2, 0.25) is 0 Å². The van der Waals surface area contributed by atoms with Crippen LogP contribution in [-0.4, -0.2) is 25.4 Å². The molecule has 3 fully saturated rings. The number of quaternary nitrogens is 1. The Hall–Kier alpha value is -1.15. The summed E-state index contributed by atoms with van der Waals surface area (Å²) in [5.74, 6) is 1.85. The van der Waals surface area contributed by atoms with Crippen molar-refractivity contribution in [2.24, 2.45) is 11.8 Å². The highest BCUT2D eigenvalue weighted by molar-refractivity contribution is 5.98. The van der Waals surface area contributed by atoms with Crippen molar-refractivity contribution in [2.75, 3.05) is 19.6 Å². The van der Waals surface area contributed by atoms with Crippen LogP contribution in [0.3, 0.4) is 0 Å². The van der Waals surface area contributed by atoms with Crippen LogP contribution >= 0.6 is 0 Å². The van der Waals surface area contributed by atoms with Crippen molar-refractivity contribution in [3.05, 3.63) is 35.4 Å². The molecule has 4 rings (SSSR count). The molecule has 1 aromatic rings. The van der Waals surface area contributed by atoms with Crippen LogP contribution in [0.1, 0.15) is 48.5 Å². The van der Waals surface area contributed by atoms with Gasteiger partial charge in [0.25, 0.3) is 0 Å². The number of hydrogen-bond donors (Lipinski definition) is 1. The Labute approximate surface area is 115 Å². The summed E-state index contributed by atoms with van der Waals surface area (Å²) in [6.07, 6.45) is 2.49. The number of Topliss-reactive ketones (excluding diaryl/α,β-unsaturated/α-hetero) is 1. The third kappa shape index (κ3) is 2.46. The van der Waals surface area contributed by atoms with E-state index in [2.05, 4.69) is 26.0 Å². The summed E-state index contributed by atoms with van der Waals surface area (Å²) in [4.78, 5) is 14.3. The molecule has 2 nitrogen and oxygen atoms in total. The van der Waals surface area contributed by atoms with Gasteiger partial charge in [-0.15, -0.1) is 0 Å². The standard InChI is InChI=1S/C17H23NO/c1-12(2)13-3-5-15(6-4-13)17(19)16-11-18-9-7-14(16)8-10-18/h3-6,12,14,16H,7-11H2,1-2H3/p+1/t16-/m0/s1. The molecule has 1 atom stereocenters. The zero-order chi connectivity index (χ0) is 13.4. The number of fused-ring (bicyclic) bond motifs is 3. The first-order chi connectivity index (χ1) is 9.15. The molecule has 3 heterocycles. The van der Waals surface area contributed by atoms with Crippen LogP contribution < -0.4 is 4.90 Å². The average molecular weight is 258 g/mol. The average Bonchev–Trinajstić information content (AvgIpc) is 2.47. The van der Waals surface area contributed by atoms with E-state index in [4.69, 9.17) is 0 Å². The first kappa shape index (κ1) is 12.9. The minimum atomic E-state index is 0.280. The Balaban J connectivity index is 1.76. The number of ketones is 1. The van der Waals surface area contributed by atoms with E-state index >= 15 is 0 Å². The monoisotopic (exact) mass is 258 g/mol. The molecule has 102 valence electrons. The summed E-state index contributed by atoms with van der Waals surface area (Å²) in [5, 5.41) is 0. The smallest absolute Gasteiger partial charge is 0.171 e. The summed E-state index contributed by atoms with van der Waals surface area (Å²) >= 11 is 0. The molecule has 1 aromatic carbocycles. The minimum Gasteiger partial charge on any atom is -0.334 e. The maximum Gasteiger partial charge on any atom is 0.171 e. The molecular formula is C17H24NO+. The van der Waals surface area contributed by atoms with Crippen molar-refractivity contribution in [2.45, 2.75) is 32.6 Å². The van der Waals surface area contributed by atoms with Crippen LogP contribution in [0.25, 0.3) is 0 Å². The molecule has 3 aliphatic heterocycles. The lowest BCUT2D eigenvalue weighted by Crippen LogP contribution is -3.16. The first-order valence-corrected chi connectivity index (χ1v) is 7.63. The molecule has 1 N–H and O–H groups in total. The van der Waals surface area contributed by atoms with Gasteiger partial charge in [-0.3, -0.25) is 4.79 Å². The van der Waals surface area contributed by atoms with Gasteiger partial charge in [-0.05, 0) is 17.4 Å². The van der Waals surface area contributed by atoms with Gasteiger partial charge in [0.15, 0.2) is 5.78 Å². The van der Waals surface area contributed by atoms with E-state index < -0.39 is 0 Å². The van der Waals surface area contributed by atoms with Gasteiger partial charge >= 0.3 is 0 Å². The van der Waals surface area contributed by atoms with Gasteiger partial charge in [0.1, 0.15) is 0 Å². The molecule has 3 saturated heterocycles. The fourth-order valence-electron chi connectivity index (χ4n) is 3.69. The van der Waals surface area contributed by atoms with Crippen LogP contribution in [-0.2, 0) is 0 Å². The van der Waals surface area contributed by atoms with E-state index in [1.54, 1.807) is 4.90 Å². The third-order valence-corrected chi connectivity index (χ3v) is 5.01. The fraction of sp³-hybridized carbons (Fsp3) is 0.588. The minimum absolute atomic E-state index is 0.280. The summed E-state index contributed by atoms with van der Waals surface area (Å²) in [6, 6.07) is 8.30. The molecule has 0 saturated carbocycles. The highest BCUT2D eigenvalue weighted by Crippen LogP contribution is 2.27. The normalized spacial score (nSPS) is 29.7. The molecule has 0 unspecified atom stereocenters. The maximum absolute atomic E-state index is 12.7. The van der Waals surface area contributed by atoms with Gasteiger partial charge in [0.2, 0.25) is 0 Å². The molecule has 0 aliphatic carbocycles. The van der Waals surface area contributed by atoms with E-state index in [0.29, 0.717) is 17.6 Å². The van der Waals surface area contributed by atoms with Crippen LogP contribution in [0, 0.1) is 11.8 Å². The SMILES string of the molecule is CC(C)c1ccc(C(=O)[C@H]2C[NH+]3CCC2CC3)cc1. The Morgan fingerprint density at radius 3 is 2.26 bits per heavy atom. The van der Waals surface area contributed by atoms with Crippen LogP contribution in [0.4, 0.5) is 0 Å². The van der Waals surface area contributed by atoms with E-state index in [1.807, 2.05) is 12.1 Å². The van der Waals surface area contributed by atoms with Gasteiger partial charge in [0, 0.05) is 18.4 Å². The molecule has 0 radical (unpaired) electrons. The summed E-state index contributed by atoms with van der Waals surface area (Å²) in [7, 11) is 0. The van der Waals surface area contributed by atoms with Gasteiger partial charge < -0.3 is 4.90 Å². The van der Waals surface area contributed by atoms with Crippen molar-refractivity contribution in [1.29, 1.82) is 0 Å². The van der Waals surface area contributed by atoms with Gasteiger partial charge in [-0.2, -0.15) is 0 Å². The second-order valence-electron chi connectivity index (χ2n) is 6.54. The molecule has 0 amide bonds. The molecule has 3 aliphatic rings. The predicted octanol–water partition coefficient (Wildman–Crippen LogP) is 1.92. The first-order valence-electron chi connectivity index (χ1n) is 7.63. The summed E-state index contributed by atoms with van der Waals surface area (Å²) in [5.41, 5.74) is 2.23. The highest BCUT2D eigenvalue weighted by atomic mass is 16.1. The molecule has 0 aromatic heterocycles. The molecule has 0 spiro atoms. The van der Waals surface area contributed by atoms with E-state index in [9.17, 15) is 4.79 Å². The number of piperidine rings is 3. The van der Waals surface area contributed by atoms with Crippen LogP contribution in [0.5, 0.6) is 0 Å². The second-order valence-corrected chi connectivity index (χ2v) is 6.54. The number of carbonyl (C=O) groups excluding carboxylic acids is 1. The lowest BCUT2D eigenvalue weighted by atomic mass is 9.75. The van der Waals surface area contributed by atoms with Gasteiger partial charge in [0.05, 0.1) is 25.6 Å². The Bertz CT molecular complexity index is 455. The van der Waals surface area contributed by atoms with Crippen molar-refractivity contribution < 1.29 is 9.69 Å². The van der Waals surface area contributed by atoms with Crippen molar-refractivity contribution in [3.63, 3.8) is 0 Å². The Morgan fingerprint density at radius 1 is 1.16 bits per heavy atom. The fourth-order valence-corrected chi connectivity index (χ4v) is 3.69. The largest absolute Gasteiger partial charge is 0.334 e. The summed E-state index contributed by atoms with van der Waals surface area (Å²) < 4.78 is 0. The van der Waals surface area contributed by atoms with Gasteiger partial charge in [-0.25, -0.2) is 0 Å². The highest BCUT2D eigenvalue weighted by Gasteiger charge is 2.41. The third-order valence-electron chi connectivity index (χ3n) is 5.01. The maximum atomic E-state index is 12.7. The molecule has 19 heavy (non-hydrogen) atoms. The van der Waals surface area contributed by atoms with Gasteiger partial charge in [-0.1, -0.05) is 38.1 Å². The van der Waals surface area contributed by atoms with E-state index in [1.165, 1.54) is 31.5 Å². The van der Waals surface area contributed by atoms with Crippen LogP contribution in [0.15, 0.2) is 24.3 Å². The second kappa shape index (κ2) is 5.09. The Kier molecular flexibility index (Phi) is 3.44. The number of carbonyl (C=O) groups is 1. The van der Waals surface area contributed by atoms with Crippen molar-refractivity contribution in [3.8, 4) is 0 Å². The number of rotatable bonds is 3. The quantitative estimate of drug-likeness (QED) is 0.822. The van der Waals surface area contributed by atoms with Crippen molar-refractivity contribution in [1.82, 2.24) is 0 Å². The van der Waals surface area contributed by atoms with Crippen molar-refractivity contribution >= 4 is 5.78 Å². The molecule has 2 heteroatoms. The van der Waals surface area contributed by atoms with E-state index in [0.717, 1.165) is 12.1 Å².